The van der Waals surface area contributed by atoms with Crippen molar-refractivity contribution in [1.82, 2.24) is 10.6 Å². The Morgan fingerprint density at radius 2 is 2.05 bits per heavy atom. The molecule has 2 rings (SSSR count). The highest BCUT2D eigenvalue weighted by molar-refractivity contribution is 6.30. The number of aliphatic hydroxyl groups excluding tert-OH is 1. The molecule has 0 aliphatic heterocycles. The van der Waals surface area contributed by atoms with Gasteiger partial charge in [0, 0.05) is 18.2 Å². The molecule has 1 aliphatic carbocycles. The Morgan fingerprint density at radius 3 is 2.60 bits per heavy atom. The molecule has 0 radical (unpaired) electrons. The molecule has 0 bridgehead atoms. The summed E-state index contributed by atoms with van der Waals surface area (Å²) < 4.78 is 0. The van der Waals surface area contributed by atoms with E-state index in [1.807, 2.05) is 24.3 Å². The van der Waals surface area contributed by atoms with E-state index in [-0.39, 0.29) is 18.7 Å². The molecule has 1 aromatic rings. The lowest BCUT2D eigenvalue weighted by molar-refractivity contribution is 0.207. The van der Waals surface area contributed by atoms with Gasteiger partial charge in [-0.25, -0.2) is 4.79 Å². The molecule has 1 fully saturated rings. The van der Waals surface area contributed by atoms with Crippen LogP contribution in [0.15, 0.2) is 24.3 Å². The minimum Gasteiger partial charge on any atom is -0.396 e. The number of carbonyl (C=O) groups is 1. The van der Waals surface area contributed by atoms with Crippen LogP contribution in [0.25, 0.3) is 0 Å². The number of amides is 2. The first kappa shape index (κ1) is 15.1. The van der Waals surface area contributed by atoms with Crippen LogP contribution in [-0.2, 0) is 0 Å². The minimum absolute atomic E-state index is 0.0372. The monoisotopic (exact) mass is 296 g/mol. The zero-order valence-electron chi connectivity index (χ0n) is 11.4. The molecule has 110 valence electrons. The summed E-state index contributed by atoms with van der Waals surface area (Å²) in [6, 6.07) is 7.51. The van der Waals surface area contributed by atoms with Crippen LogP contribution >= 0.6 is 11.6 Å². The molecule has 0 saturated heterocycles. The summed E-state index contributed by atoms with van der Waals surface area (Å²) in [7, 11) is 0. The van der Waals surface area contributed by atoms with Gasteiger partial charge in [-0.3, -0.25) is 0 Å². The molecule has 1 saturated carbocycles. The van der Waals surface area contributed by atoms with Crippen LogP contribution in [0.3, 0.4) is 0 Å². The van der Waals surface area contributed by atoms with Gasteiger partial charge in [-0.2, -0.15) is 0 Å². The normalized spacial score (nSPS) is 16.3. The van der Waals surface area contributed by atoms with Crippen LogP contribution in [0, 0.1) is 5.92 Å². The van der Waals surface area contributed by atoms with Crippen molar-refractivity contribution in [2.24, 2.45) is 5.92 Å². The van der Waals surface area contributed by atoms with Crippen molar-refractivity contribution in [1.29, 1.82) is 0 Å². The number of halogens is 1. The molecule has 4 nitrogen and oxygen atoms in total. The molecule has 20 heavy (non-hydrogen) atoms. The van der Waals surface area contributed by atoms with Gasteiger partial charge in [0.15, 0.2) is 0 Å². The van der Waals surface area contributed by atoms with E-state index in [2.05, 4.69) is 10.6 Å². The van der Waals surface area contributed by atoms with E-state index in [1.54, 1.807) is 0 Å². The fourth-order valence-electron chi connectivity index (χ4n) is 2.39. The number of rotatable bonds is 6. The lowest BCUT2D eigenvalue weighted by Gasteiger charge is -2.34. The Morgan fingerprint density at radius 1 is 1.35 bits per heavy atom. The average molecular weight is 297 g/mol. The second-order valence-electron chi connectivity index (χ2n) is 5.20. The number of benzene rings is 1. The van der Waals surface area contributed by atoms with Gasteiger partial charge >= 0.3 is 6.03 Å². The van der Waals surface area contributed by atoms with Crippen LogP contribution in [0.4, 0.5) is 4.79 Å². The van der Waals surface area contributed by atoms with E-state index in [0.717, 1.165) is 18.4 Å². The third kappa shape index (κ3) is 4.12. The SMILES string of the molecule is O=C(NCCCO)NC(c1ccc(Cl)cc1)C1CCC1. The molecule has 1 aliphatic rings. The van der Waals surface area contributed by atoms with Crippen molar-refractivity contribution < 1.29 is 9.90 Å². The summed E-state index contributed by atoms with van der Waals surface area (Å²) in [6.07, 6.45) is 4.08. The summed E-state index contributed by atoms with van der Waals surface area (Å²) in [6.45, 7) is 0.573. The van der Waals surface area contributed by atoms with E-state index < -0.39 is 0 Å². The number of urea groups is 1. The molecule has 1 unspecified atom stereocenters. The maximum atomic E-state index is 11.9. The Labute approximate surface area is 124 Å². The fourth-order valence-corrected chi connectivity index (χ4v) is 2.52. The molecule has 3 N–H and O–H groups in total. The standard InChI is InChI=1S/C15H21ClN2O2/c16-13-7-5-12(6-8-13)14(11-3-1-4-11)18-15(20)17-9-2-10-19/h5-8,11,14,19H,1-4,9-10H2,(H2,17,18,20). The van der Waals surface area contributed by atoms with Gasteiger partial charge in [-0.05, 0) is 42.9 Å². The highest BCUT2D eigenvalue weighted by atomic mass is 35.5. The Hall–Kier alpha value is -1.26. The number of hydrogen-bond acceptors (Lipinski definition) is 2. The van der Waals surface area contributed by atoms with E-state index in [0.29, 0.717) is 23.9 Å². The van der Waals surface area contributed by atoms with Gasteiger partial charge in [0.05, 0.1) is 6.04 Å². The average Bonchev–Trinajstić information content (AvgIpc) is 2.37. The van der Waals surface area contributed by atoms with Crippen LogP contribution in [0.5, 0.6) is 0 Å². The topological polar surface area (TPSA) is 61.4 Å². The lowest BCUT2D eigenvalue weighted by Crippen LogP contribution is -2.42. The highest BCUT2D eigenvalue weighted by Gasteiger charge is 2.29. The molecule has 0 spiro atoms. The summed E-state index contributed by atoms with van der Waals surface area (Å²) in [5.41, 5.74) is 1.09. The second-order valence-corrected chi connectivity index (χ2v) is 5.63. The number of aliphatic hydroxyl groups is 1. The quantitative estimate of drug-likeness (QED) is 0.707. The summed E-state index contributed by atoms with van der Waals surface area (Å²) in [4.78, 5) is 11.9. The Bertz CT molecular complexity index is 432. The molecule has 0 aromatic heterocycles. The van der Waals surface area contributed by atoms with Gasteiger partial charge in [0.25, 0.3) is 0 Å². The zero-order valence-corrected chi connectivity index (χ0v) is 12.2. The van der Waals surface area contributed by atoms with Crippen molar-refractivity contribution in [3.8, 4) is 0 Å². The van der Waals surface area contributed by atoms with Gasteiger partial charge in [0.2, 0.25) is 0 Å². The summed E-state index contributed by atoms with van der Waals surface area (Å²) >= 11 is 5.91. The first-order valence-corrected chi connectivity index (χ1v) is 7.49. The minimum atomic E-state index is -0.176. The third-order valence-corrected chi connectivity index (χ3v) is 4.01. The van der Waals surface area contributed by atoms with Crippen molar-refractivity contribution in [3.63, 3.8) is 0 Å². The maximum absolute atomic E-state index is 11.9. The summed E-state index contributed by atoms with van der Waals surface area (Å²) in [5, 5.41) is 15.2. The van der Waals surface area contributed by atoms with E-state index in [4.69, 9.17) is 16.7 Å². The summed E-state index contributed by atoms with van der Waals surface area (Å²) in [5.74, 6) is 0.500. The van der Waals surface area contributed by atoms with Crippen LogP contribution in [0.2, 0.25) is 5.02 Å². The highest BCUT2D eigenvalue weighted by Crippen LogP contribution is 2.37. The predicted molar refractivity (Wildman–Crippen MR) is 79.8 cm³/mol. The van der Waals surface area contributed by atoms with E-state index in [1.165, 1.54) is 6.42 Å². The van der Waals surface area contributed by atoms with Crippen LogP contribution in [0.1, 0.15) is 37.3 Å². The smallest absolute Gasteiger partial charge is 0.315 e. The molecular formula is C15H21ClN2O2. The van der Waals surface area contributed by atoms with Crippen molar-refractivity contribution in [2.75, 3.05) is 13.2 Å². The van der Waals surface area contributed by atoms with Gasteiger partial charge in [0.1, 0.15) is 0 Å². The second kappa shape index (κ2) is 7.50. The van der Waals surface area contributed by atoms with Crippen LogP contribution < -0.4 is 10.6 Å². The first-order chi connectivity index (χ1) is 9.70. The predicted octanol–water partition coefficient (Wildman–Crippen LogP) is 2.86. The third-order valence-electron chi connectivity index (χ3n) is 3.76. The van der Waals surface area contributed by atoms with Crippen molar-refractivity contribution in [2.45, 2.75) is 31.7 Å². The fraction of sp³-hybridized carbons (Fsp3) is 0.533. The van der Waals surface area contributed by atoms with Gasteiger partial charge in [-0.15, -0.1) is 0 Å². The largest absolute Gasteiger partial charge is 0.396 e. The molecule has 2 amide bonds. The zero-order chi connectivity index (χ0) is 14.4. The van der Waals surface area contributed by atoms with Crippen LogP contribution in [-0.4, -0.2) is 24.3 Å². The first-order valence-electron chi connectivity index (χ1n) is 7.11. The molecule has 1 atom stereocenters. The number of carbonyl (C=O) groups excluding carboxylic acids is 1. The van der Waals surface area contributed by atoms with Gasteiger partial charge in [-0.1, -0.05) is 30.2 Å². The van der Waals surface area contributed by atoms with E-state index >= 15 is 0 Å². The van der Waals surface area contributed by atoms with Crippen molar-refractivity contribution >= 4 is 17.6 Å². The lowest BCUT2D eigenvalue weighted by atomic mass is 9.77. The Balaban J connectivity index is 1.97. The number of hydrogen-bond donors (Lipinski definition) is 3. The van der Waals surface area contributed by atoms with E-state index in [9.17, 15) is 4.79 Å². The number of nitrogens with one attached hydrogen (secondary N) is 2. The molecule has 0 heterocycles. The Kier molecular flexibility index (Phi) is 5.68. The maximum Gasteiger partial charge on any atom is 0.315 e. The van der Waals surface area contributed by atoms with Gasteiger partial charge < -0.3 is 15.7 Å². The van der Waals surface area contributed by atoms with Crippen molar-refractivity contribution in [3.05, 3.63) is 34.9 Å². The molecular weight excluding hydrogens is 276 g/mol. The molecule has 5 heteroatoms. The molecule has 1 aromatic carbocycles.